The molecule has 1 saturated heterocycles. The lowest BCUT2D eigenvalue weighted by Gasteiger charge is -2.35. The van der Waals surface area contributed by atoms with Crippen LogP contribution in [0.3, 0.4) is 0 Å². The van der Waals surface area contributed by atoms with E-state index in [1.807, 2.05) is 24.3 Å². The van der Waals surface area contributed by atoms with Gasteiger partial charge in [-0.15, -0.1) is 11.3 Å². The molecule has 0 unspecified atom stereocenters. The van der Waals surface area contributed by atoms with Crippen LogP contribution in [0.5, 0.6) is 5.75 Å². The van der Waals surface area contributed by atoms with Crippen LogP contribution >= 0.6 is 11.3 Å². The number of nitrogens with one attached hydrogen (secondary N) is 1. The highest BCUT2D eigenvalue weighted by atomic mass is 32.2. The molecule has 0 radical (unpaired) electrons. The summed E-state index contributed by atoms with van der Waals surface area (Å²) in [5, 5.41) is 1.76. The zero-order chi connectivity index (χ0) is 17.7. The fraction of sp³-hybridized carbons (Fsp3) is 0.412. The minimum Gasteiger partial charge on any atom is -0.497 e. The number of thiophene rings is 1. The van der Waals surface area contributed by atoms with Crippen molar-refractivity contribution in [3.8, 4) is 5.75 Å². The molecule has 1 fully saturated rings. The van der Waals surface area contributed by atoms with E-state index >= 15 is 0 Å². The highest BCUT2D eigenvalue weighted by molar-refractivity contribution is 7.91. The van der Waals surface area contributed by atoms with Crippen LogP contribution in [-0.2, 0) is 14.8 Å². The maximum absolute atomic E-state index is 12.5. The third kappa shape index (κ3) is 4.59. The third-order valence-corrected chi connectivity index (χ3v) is 7.01. The lowest BCUT2D eigenvalue weighted by atomic mass is 10.0. The van der Waals surface area contributed by atoms with Gasteiger partial charge in [-0.25, -0.2) is 13.1 Å². The summed E-state index contributed by atoms with van der Waals surface area (Å²) in [4.78, 5) is 2.25. The quantitative estimate of drug-likeness (QED) is 0.794. The van der Waals surface area contributed by atoms with Gasteiger partial charge < -0.3 is 9.47 Å². The molecule has 136 valence electrons. The first kappa shape index (κ1) is 18.3. The van der Waals surface area contributed by atoms with Gasteiger partial charge in [0.2, 0.25) is 10.0 Å². The van der Waals surface area contributed by atoms with Crippen LogP contribution in [0.2, 0.25) is 0 Å². The first-order valence-corrected chi connectivity index (χ1v) is 10.5. The average Bonchev–Trinajstić information content (AvgIpc) is 3.19. The molecule has 0 bridgehead atoms. The molecule has 1 aliphatic heterocycles. The lowest BCUT2D eigenvalue weighted by Crippen LogP contribution is -2.43. The Morgan fingerprint density at radius 1 is 1.28 bits per heavy atom. The number of morpholine rings is 1. The first-order valence-electron chi connectivity index (χ1n) is 8.09. The number of hydrogen-bond acceptors (Lipinski definition) is 6. The predicted molar refractivity (Wildman–Crippen MR) is 97.6 cm³/mol. The van der Waals surface area contributed by atoms with Crippen LogP contribution < -0.4 is 9.46 Å². The Morgan fingerprint density at radius 2 is 2.08 bits per heavy atom. The molecular formula is C17H22N2O4S2. The van der Waals surface area contributed by atoms with Gasteiger partial charge in [0.1, 0.15) is 9.96 Å². The normalized spacial score (nSPS) is 17.3. The standard InChI is InChI=1S/C17H22N2O4S2/c1-22-15-5-2-4-14(12-15)16(19-7-9-23-10-8-19)13-18-25(20,21)17-6-3-11-24-17/h2-6,11-12,16,18H,7-10,13H2,1H3/t16-/m1/s1. The molecule has 1 atom stereocenters. The molecule has 0 amide bonds. The monoisotopic (exact) mass is 382 g/mol. The molecule has 2 heterocycles. The summed E-state index contributed by atoms with van der Waals surface area (Å²) in [7, 11) is -1.87. The van der Waals surface area contributed by atoms with Crippen molar-refractivity contribution in [2.24, 2.45) is 0 Å². The number of ether oxygens (including phenoxy) is 2. The Hall–Kier alpha value is -1.45. The SMILES string of the molecule is COc1cccc([C@@H](CNS(=O)(=O)c2cccs2)N2CCOCC2)c1. The molecule has 8 heteroatoms. The van der Waals surface area contributed by atoms with E-state index < -0.39 is 10.0 Å². The van der Waals surface area contributed by atoms with Crippen molar-refractivity contribution < 1.29 is 17.9 Å². The van der Waals surface area contributed by atoms with Crippen molar-refractivity contribution in [2.45, 2.75) is 10.3 Å². The van der Waals surface area contributed by atoms with E-state index in [1.165, 1.54) is 11.3 Å². The lowest BCUT2D eigenvalue weighted by molar-refractivity contribution is 0.0171. The van der Waals surface area contributed by atoms with Gasteiger partial charge in [0, 0.05) is 25.7 Å². The summed E-state index contributed by atoms with van der Waals surface area (Å²) in [5.74, 6) is 0.761. The largest absolute Gasteiger partial charge is 0.497 e. The van der Waals surface area contributed by atoms with Crippen molar-refractivity contribution in [1.82, 2.24) is 9.62 Å². The summed E-state index contributed by atoms with van der Waals surface area (Å²) < 4.78 is 38.8. The average molecular weight is 383 g/mol. The fourth-order valence-corrected chi connectivity index (χ4v) is 4.95. The minimum atomic E-state index is -3.50. The second kappa shape index (κ2) is 8.29. The van der Waals surface area contributed by atoms with Crippen LogP contribution in [0.25, 0.3) is 0 Å². The van der Waals surface area contributed by atoms with Gasteiger partial charge in [-0.2, -0.15) is 0 Å². The molecule has 1 N–H and O–H groups in total. The Kier molecular flexibility index (Phi) is 6.08. The summed E-state index contributed by atoms with van der Waals surface area (Å²) in [6, 6.07) is 11.0. The maximum atomic E-state index is 12.5. The van der Waals surface area contributed by atoms with Crippen molar-refractivity contribution >= 4 is 21.4 Å². The molecule has 1 aromatic carbocycles. The second-order valence-electron chi connectivity index (χ2n) is 5.72. The van der Waals surface area contributed by atoms with Crippen LogP contribution in [0.4, 0.5) is 0 Å². The smallest absolute Gasteiger partial charge is 0.250 e. The van der Waals surface area contributed by atoms with Crippen LogP contribution in [0, 0.1) is 0 Å². The summed E-state index contributed by atoms with van der Waals surface area (Å²) in [6.45, 7) is 3.13. The van der Waals surface area contributed by atoms with E-state index in [0.717, 1.165) is 24.4 Å². The molecule has 3 rings (SSSR count). The Balaban J connectivity index is 1.81. The fourth-order valence-electron chi connectivity index (χ4n) is 2.87. The molecule has 6 nitrogen and oxygen atoms in total. The maximum Gasteiger partial charge on any atom is 0.250 e. The summed E-state index contributed by atoms with van der Waals surface area (Å²) in [6.07, 6.45) is 0. The van der Waals surface area contributed by atoms with E-state index in [9.17, 15) is 8.42 Å². The van der Waals surface area contributed by atoms with Crippen LogP contribution in [0.1, 0.15) is 11.6 Å². The number of hydrogen-bond donors (Lipinski definition) is 1. The molecule has 25 heavy (non-hydrogen) atoms. The molecular weight excluding hydrogens is 360 g/mol. The second-order valence-corrected chi connectivity index (χ2v) is 8.67. The molecule has 0 spiro atoms. The summed E-state index contributed by atoms with van der Waals surface area (Å²) in [5.41, 5.74) is 1.02. The Bertz CT molecular complexity index is 772. The molecule has 0 aliphatic carbocycles. The van der Waals surface area contributed by atoms with Gasteiger partial charge in [-0.05, 0) is 29.1 Å². The van der Waals surface area contributed by atoms with Crippen LogP contribution in [-0.4, -0.2) is 53.3 Å². The number of benzene rings is 1. The Morgan fingerprint density at radius 3 is 2.76 bits per heavy atom. The van der Waals surface area contributed by atoms with Gasteiger partial charge in [-0.1, -0.05) is 18.2 Å². The zero-order valence-corrected chi connectivity index (χ0v) is 15.7. The number of nitrogens with zero attached hydrogens (tertiary/aromatic N) is 1. The van der Waals surface area contributed by atoms with Crippen molar-refractivity contribution in [3.05, 3.63) is 47.3 Å². The third-order valence-electron chi connectivity index (χ3n) is 4.19. The van der Waals surface area contributed by atoms with Gasteiger partial charge in [0.05, 0.1) is 20.3 Å². The van der Waals surface area contributed by atoms with E-state index in [2.05, 4.69) is 9.62 Å². The van der Waals surface area contributed by atoms with Gasteiger partial charge in [0.25, 0.3) is 0 Å². The van der Waals surface area contributed by atoms with Crippen molar-refractivity contribution in [2.75, 3.05) is 40.0 Å². The first-order chi connectivity index (χ1) is 12.1. The topological polar surface area (TPSA) is 67.9 Å². The van der Waals surface area contributed by atoms with E-state index in [-0.39, 0.29) is 6.04 Å². The van der Waals surface area contributed by atoms with E-state index in [4.69, 9.17) is 9.47 Å². The van der Waals surface area contributed by atoms with E-state index in [0.29, 0.717) is 24.0 Å². The van der Waals surface area contributed by atoms with Gasteiger partial charge in [0.15, 0.2) is 0 Å². The Labute approximate surface area is 152 Å². The van der Waals surface area contributed by atoms with Crippen LogP contribution in [0.15, 0.2) is 46.0 Å². The highest BCUT2D eigenvalue weighted by Crippen LogP contribution is 2.25. The van der Waals surface area contributed by atoms with Crippen molar-refractivity contribution in [1.29, 1.82) is 0 Å². The highest BCUT2D eigenvalue weighted by Gasteiger charge is 2.25. The molecule has 1 aromatic heterocycles. The number of methoxy groups -OCH3 is 1. The van der Waals surface area contributed by atoms with E-state index in [1.54, 1.807) is 24.6 Å². The number of sulfonamides is 1. The molecule has 2 aromatic rings. The number of rotatable bonds is 7. The summed E-state index contributed by atoms with van der Waals surface area (Å²) >= 11 is 1.21. The zero-order valence-electron chi connectivity index (χ0n) is 14.1. The predicted octanol–water partition coefficient (Wildman–Crippen LogP) is 2.11. The molecule has 1 aliphatic rings. The molecule has 0 saturated carbocycles. The van der Waals surface area contributed by atoms with Crippen molar-refractivity contribution in [3.63, 3.8) is 0 Å². The van der Waals surface area contributed by atoms with Gasteiger partial charge in [-0.3, -0.25) is 4.90 Å². The van der Waals surface area contributed by atoms with Gasteiger partial charge >= 0.3 is 0 Å². The minimum absolute atomic E-state index is 0.0752.